The van der Waals surface area contributed by atoms with E-state index in [1.807, 2.05) is 6.07 Å². The van der Waals surface area contributed by atoms with E-state index >= 15 is 0 Å². The van der Waals surface area contributed by atoms with Crippen LogP contribution in [0.4, 0.5) is 17.1 Å². The first-order chi connectivity index (χ1) is 26.1. The van der Waals surface area contributed by atoms with Crippen LogP contribution in [0.25, 0.3) is 21.8 Å². The molecule has 2 aromatic carbocycles. The number of nitriles is 2. The number of hydrogen-bond donors (Lipinski definition) is 2. The first-order valence-corrected chi connectivity index (χ1v) is 20.2. The lowest BCUT2D eigenvalue weighted by molar-refractivity contribution is 0.0688. The van der Waals surface area contributed by atoms with E-state index in [2.05, 4.69) is 87.1 Å². The van der Waals surface area contributed by atoms with Crippen LogP contribution < -0.4 is 25.8 Å². The summed E-state index contributed by atoms with van der Waals surface area (Å²) in [5, 5.41) is 22.5. The number of piperidine rings is 2. The lowest BCUT2D eigenvalue weighted by Gasteiger charge is -2.53. The third-order valence-electron chi connectivity index (χ3n) is 14.2. The number of benzene rings is 2. The lowest BCUT2D eigenvalue weighted by Crippen LogP contribution is -2.47. The average molecular weight is 725 g/mol. The summed E-state index contributed by atoms with van der Waals surface area (Å²) < 4.78 is 0. The van der Waals surface area contributed by atoms with Crippen molar-refractivity contribution in [2.24, 2.45) is 10.8 Å². The van der Waals surface area contributed by atoms with Gasteiger partial charge in [0.15, 0.2) is 0 Å². The number of hydrogen-bond acceptors (Lipinski definition) is 8. The van der Waals surface area contributed by atoms with Gasteiger partial charge in [-0.2, -0.15) is 10.5 Å². The third kappa shape index (κ3) is 5.94. The van der Waals surface area contributed by atoms with Crippen LogP contribution in [0, 0.1) is 33.5 Å². The summed E-state index contributed by atoms with van der Waals surface area (Å²) in [6, 6.07) is 15.4. The van der Waals surface area contributed by atoms with Gasteiger partial charge in [0.25, 0.3) is 11.1 Å². The van der Waals surface area contributed by atoms with Crippen LogP contribution in [0.15, 0.2) is 39.9 Å². The fraction of sp³-hybridized carbons (Fsp3) is 0.545. The topological polar surface area (TPSA) is 126 Å². The van der Waals surface area contributed by atoms with Crippen LogP contribution in [0.1, 0.15) is 105 Å². The third-order valence-corrected chi connectivity index (χ3v) is 14.2. The number of fused-ring (bicyclic) bond motifs is 2. The van der Waals surface area contributed by atoms with Gasteiger partial charge in [-0.05, 0) is 136 Å². The summed E-state index contributed by atoms with van der Waals surface area (Å²) in [7, 11) is 6.33. The Kier molecular flexibility index (Phi) is 8.54. The van der Waals surface area contributed by atoms with Gasteiger partial charge in [0, 0.05) is 62.8 Å². The first-order valence-electron chi connectivity index (χ1n) is 20.2. The summed E-state index contributed by atoms with van der Waals surface area (Å²) >= 11 is 0. The van der Waals surface area contributed by atoms with Crippen molar-refractivity contribution in [3.63, 3.8) is 0 Å². The number of nitrogens with zero attached hydrogens (tertiary/aromatic N) is 6. The van der Waals surface area contributed by atoms with Gasteiger partial charge in [0.05, 0.1) is 22.4 Å². The van der Waals surface area contributed by atoms with E-state index in [-0.39, 0.29) is 33.6 Å². The Morgan fingerprint density at radius 1 is 0.741 bits per heavy atom. The normalized spacial score (nSPS) is 20.6. The number of rotatable bonds is 8. The Bertz CT molecular complexity index is 2330. The Morgan fingerprint density at radius 3 is 1.93 bits per heavy atom. The van der Waals surface area contributed by atoms with Crippen molar-refractivity contribution in [1.29, 1.82) is 10.5 Å². The second-order valence-corrected chi connectivity index (χ2v) is 17.8. The minimum Gasteiger partial charge on any atom is -0.373 e. The second kappa shape index (κ2) is 13.2. The maximum Gasteiger partial charge on any atom is 0.268 e. The molecule has 3 saturated carbocycles. The number of nitrogens with one attached hydrogen (secondary N) is 2. The molecule has 0 atom stereocenters. The number of aromatic nitrogens is 2. The summed E-state index contributed by atoms with van der Waals surface area (Å²) in [5.41, 5.74) is 7.37. The van der Waals surface area contributed by atoms with Crippen molar-refractivity contribution in [3.8, 4) is 12.1 Å². The average Bonchev–Trinajstić information content (AvgIpc) is 4.00. The fourth-order valence-electron chi connectivity index (χ4n) is 10.4. The summed E-state index contributed by atoms with van der Waals surface area (Å²) in [6.45, 7) is 5.13. The molecule has 2 aliphatic heterocycles. The zero-order chi connectivity index (χ0) is 37.4. The van der Waals surface area contributed by atoms with Gasteiger partial charge in [0.1, 0.15) is 23.3 Å². The van der Waals surface area contributed by atoms with Crippen molar-refractivity contribution < 1.29 is 0 Å². The highest BCUT2D eigenvalue weighted by atomic mass is 16.1. The van der Waals surface area contributed by atoms with Crippen molar-refractivity contribution in [1.82, 2.24) is 14.9 Å². The minimum atomic E-state index is -0.314. The van der Waals surface area contributed by atoms with E-state index in [4.69, 9.17) is 0 Å². The SMILES string of the molecule is CN(C)CCN(C)c1cc(C2CC3(CCN(c4c(C#N)c(=O)[nH]c5ccc(C6CC6)cc45)CC3)C2)c2[nH]c(=O)c(C#N)c(N3CCC4(CCC4)CC3)c2c1. The summed E-state index contributed by atoms with van der Waals surface area (Å²) in [6.07, 6.45) is 12.6. The molecular formula is C44H52N8O2. The van der Waals surface area contributed by atoms with Crippen LogP contribution in [0.5, 0.6) is 0 Å². The standard InChI is InChI=1S/C44H52N8O2/c1-49(2)19-20-50(3)31-22-32(38-34(23-31)40(36(27-46)42(54)48-38)52-15-11-43(12-16-52)9-4-10-43)30-24-44(25-30)13-17-51(18-14-44)39-33-21-29(28-5-6-28)7-8-37(33)47-41(53)35(39)26-45/h7-8,21-23,28,30H,4-6,9-20,24-25H2,1-3H3,(H,47,53)(H,48,54). The van der Waals surface area contributed by atoms with Crippen LogP contribution in [0.2, 0.25) is 0 Å². The number of anilines is 3. The monoisotopic (exact) mass is 724 g/mol. The van der Waals surface area contributed by atoms with Gasteiger partial charge in [-0.1, -0.05) is 12.5 Å². The van der Waals surface area contributed by atoms with E-state index < -0.39 is 0 Å². The Balaban J connectivity index is 1.03. The molecule has 3 aliphatic carbocycles. The van der Waals surface area contributed by atoms with E-state index in [1.165, 1.54) is 43.2 Å². The lowest BCUT2D eigenvalue weighted by atomic mass is 9.56. The van der Waals surface area contributed by atoms with Gasteiger partial charge in [-0.3, -0.25) is 9.59 Å². The van der Waals surface area contributed by atoms with E-state index in [9.17, 15) is 20.1 Å². The molecule has 2 saturated heterocycles. The van der Waals surface area contributed by atoms with E-state index in [1.54, 1.807) is 0 Å². The number of H-pyrrole nitrogens is 2. The predicted octanol–water partition coefficient (Wildman–Crippen LogP) is 6.92. The van der Waals surface area contributed by atoms with Crippen LogP contribution in [-0.4, -0.2) is 75.3 Å². The van der Waals surface area contributed by atoms with E-state index in [0.717, 1.165) is 117 Å². The quantitative estimate of drug-likeness (QED) is 0.201. The Morgan fingerprint density at radius 2 is 1.35 bits per heavy atom. The molecule has 9 rings (SSSR count). The molecule has 2 aromatic heterocycles. The molecule has 4 heterocycles. The van der Waals surface area contributed by atoms with Crippen LogP contribution >= 0.6 is 0 Å². The second-order valence-electron chi connectivity index (χ2n) is 17.8. The van der Waals surface area contributed by atoms with Crippen molar-refractivity contribution in [3.05, 3.63) is 73.3 Å². The smallest absolute Gasteiger partial charge is 0.268 e. The maximum absolute atomic E-state index is 13.7. The minimum absolute atomic E-state index is 0.170. The highest BCUT2D eigenvalue weighted by Crippen LogP contribution is 2.59. The molecule has 10 nitrogen and oxygen atoms in total. The van der Waals surface area contributed by atoms with Gasteiger partial charge in [0.2, 0.25) is 0 Å². The highest BCUT2D eigenvalue weighted by Gasteiger charge is 2.48. The summed E-state index contributed by atoms with van der Waals surface area (Å²) in [4.78, 5) is 42.1. The molecule has 54 heavy (non-hydrogen) atoms. The molecule has 280 valence electrons. The van der Waals surface area contributed by atoms with Crippen LogP contribution in [-0.2, 0) is 0 Å². The van der Waals surface area contributed by atoms with Crippen molar-refractivity contribution in [2.45, 2.75) is 82.5 Å². The molecule has 2 N–H and O–H groups in total. The fourth-order valence-corrected chi connectivity index (χ4v) is 10.4. The highest BCUT2D eigenvalue weighted by molar-refractivity contribution is 5.99. The molecule has 10 heteroatoms. The Labute approximate surface area is 317 Å². The molecule has 0 bridgehead atoms. The number of aromatic amines is 2. The zero-order valence-electron chi connectivity index (χ0n) is 32.1. The molecule has 0 amide bonds. The van der Waals surface area contributed by atoms with Gasteiger partial charge < -0.3 is 29.6 Å². The molecule has 5 aliphatic rings. The van der Waals surface area contributed by atoms with Gasteiger partial charge in [-0.25, -0.2) is 0 Å². The molecule has 0 radical (unpaired) electrons. The zero-order valence-corrected chi connectivity index (χ0v) is 32.1. The summed E-state index contributed by atoms with van der Waals surface area (Å²) in [5.74, 6) is 0.865. The molecule has 5 fully saturated rings. The van der Waals surface area contributed by atoms with Crippen molar-refractivity contribution in [2.75, 3.05) is 75.1 Å². The van der Waals surface area contributed by atoms with E-state index in [0.29, 0.717) is 11.3 Å². The van der Waals surface area contributed by atoms with Gasteiger partial charge in [-0.15, -0.1) is 0 Å². The Hall–Kier alpha value is -4.80. The predicted molar refractivity (Wildman–Crippen MR) is 216 cm³/mol. The largest absolute Gasteiger partial charge is 0.373 e. The van der Waals surface area contributed by atoms with Gasteiger partial charge >= 0.3 is 0 Å². The number of pyridine rings is 2. The van der Waals surface area contributed by atoms with Crippen molar-refractivity contribution >= 4 is 38.9 Å². The molecular weight excluding hydrogens is 673 g/mol. The molecule has 2 spiro atoms. The first kappa shape index (κ1) is 34.9. The molecule has 0 unspecified atom stereocenters. The maximum atomic E-state index is 13.7. The van der Waals surface area contributed by atoms with Crippen LogP contribution in [0.3, 0.4) is 0 Å². The molecule has 4 aromatic rings. The number of likely N-dealkylation sites (N-methyl/N-ethyl adjacent to an activating group) is 2.